The van der Waals surface area contributed by atoms with Gasteiger partial charge in [-0.1, -0.05) is 0 Å². The molecule has 0 unspecified atom stereocenters. The van der Waals surface area contributed by atoms with E-state index in [2.05, 4.69) is 9.98 Å². The minimum Gasteiger partial charge on any atom is -0.367 e. The summed E-state index contributed by atoms with van der Waals surface area (Å²) in [7, 11) is 1.88. The number of hydrogen-bond donors (Lipinski definition) is 1. The zero-order valence-electron chi connectivity index (χ0n) is 7.35. The summed E-state index contributed by atoms with van der Waals surface area (Å²) in [5, 5.41) is 10.2. The first-order chi connectivity index (χ1) is 6.15. The summed E-state index contributed by atoms with van der Waals surface area (Å²) >= 11 is 1.46. The number of nitriles is 1. The van der Waals surface area contributed by atoms with E-state index in [0.29, 0.717) is 0 Å². The van der Waals surface area contributed by atoms with Gasteiger partial charge < -0.3 is 10.3 Å². The van der Waals surface area contributed by atoms with Crippen LogP contribution < -0.4 is 10.5 Å². The third kappa shape index (κ3) is 2.16. The third-order valence-electron chi connectivity index (χ3n) is 1.53. The predicted molar refractivity (Wildman–Crippen MR) is 50.8 cm³/mol. The molecule has 0 atom stereocenters. The fraction of sp³-hybridized carbons (Fsp3) is 0.286. The molecule has 13 heavy (non-hydrogen) atoms. The highest BCUT2D eigenvalue weighted by molar-refractivity contribution is 7.07. The summed E-state index contributed by atoms with van der Waals surface area (Å²) in [6.07, 6.45) is 1.58. The molecule has 1 heterocycles. The lowest BCUT2D eigenvalue weighted by molar-refractivity contribution is 0.837. The number of nitrogens with zero attached hydrogens (tertiary/aromatic N) is 4. The molecular weight excluding hydrogens is 186 g/mol. The Hall–Kier alpha value is -1.61. The van der Waals surface area contributed by atoms with E-state index in [-0.39, 0.29) is 5.96 Å². The topological polar surface area (TPSA) is 79.5 Å². The molecule has 2 N–H and O–H groups in total. The molecular formula is C7H9N5S. The largest absolute Gasteiger partial charge is 0.367 e. The molecule has 0 bridgehead atoms. The van der Waals surface area contributed by atoms with Gasteiger partial charge >= 0.3 is 0 Å². The predicted octanol–water partition coefficient (Wildman–Crippen LogP) is 0.0915. The number of nitrogens with two attached hydrogens (primary N) is 1. The first-order valence-electron chi connectivity index (χ1n) is 3.53. The van der Waals surface area contributed by atoms with Crippen molar-refractivity contribution >= 4 is 17.3 Å². The zero-order chi connectivity index (χ0) is 9.84. The van der Waals surface area contributed by atoms with Crippen molar-refractivity contribution in [3.8, 4) is 6.19 Å². The van der Waals surface area contributed by atoms with E-state index in [1.807, 2.05) is 23.9 Å². The van der Waals surface area contributed by atoms with Gasteiger partial charge in [0.2, 0.25) is 12.2 Å². The average molecular weight is 195 g/mol. The molecule has 1 aromatic rings. The molecule has 0 spiro atoms. The number of hydrogen-bond acceptors (Lipinski definition) is 3. The zero-order valence-corrected chi connectivity index (χ0v) is 8.17. The van der Waals surface area contributed by atoms with Crippen LogP contribution in [0.4, 0.5) is 0 Å². The molecule has 6 heteroatoms. The van der Waals surface area contributed by atoms with Crippen LogP contribution >= 0.6 is 11.3 Å². The smallest absolute Gasteiger partial charge is 0.233 e. The first-order valence-corrected chi connectivity index (χ1v) is 4.41. The second-order valence-electron chi connectivity index (χ2n) is 2.40. The standard InChI is InChI=1S/C7H9N5S/c1-5-3-13-7(12(5)2)11-6(9)10-4-8/h3H,1-2H3,(H2,9,10)/b11-7+. The van der Waals surface area contributed by atoms with E-state index in [9.17, 15) is 0 Å². The van der Waals surface area contributed by atoms with Crippen LogP contribution in [0.25, 0.3) is 0 Å². The molecule has 0 aliphatic heterocycles. The summed E-state index contributed by atoms with van der Waals surface area (Å²) in [6, 6.07) is 0. The molecule has 0 aliphatic rings. The van der Waals surface area contributed by atoms with Gasteiger partial charge in [0, 0.05) is 18.1 Å². The van der Waals surface area contributed by atoms with E-state index < -0.39 is 0 Å². The summed E-state index contributed by atoms with van der Waals surface area (Å²) in [6.45, 7) is 1.97. The van der Waals surface area contributed by atoms with Gasteiger partial charge in [-0.2, -0.15) is 10.3 Å². The van der Waals surface area contributed by atoms with Crippen molar-refractivity contribution in [3.63, 3.8) is 0 Å². The Morgan fingerprint density at radius 2 is 2.46 bits per heavy atom. The van der Waals surface area contributed by atoms with Gasteiger partial charge in [-0.25, -0.2) is 0 Å². The van der Waals surface area contributed by atoms with Gasteiger partial charge in [0.15, 0.2) is 4.80 Å². The number of guanidine groups is 1. The highest BCUT2D eigenvalue weighted by Crippen LogP contribution is 1.95. The van der Waals surface area contributed by atoms with E-state index >= 15 is 0 Å². The normalized spacial score (nSPS) is 13.0. The lowest BCUT2D eigenvalue weighted by atomic mass is 10.6. The average Bonchev–Trinajstić information content (AvgIpc) is 2.37. The van der Waals surface area contributed by atoms with E-state index in [4.69, 9.17) is 11.0 Å². The highest BCUT2D eigenvalue weighted by Gasteiger charge is 1.95. The summed E-state index contributed by atoms with van der Waals surface area (Å²) < 4.78 is 1.88. The molecule has 0 aliphatic carbocycles. The van der Waals surface area contributed by atoms with Crippen LogP contribution in [-0.4, -0.2) is 10.5 Å². The molecule has 0 fully saturated rings. The van der Waals surface area contributed by atoms with Crippen LogP contribution in [0.3, 0.4) is 0 Å². The quantitative estimate of drug-likeness (QED) is 0.362. The Morgan fingerprint density at radius 1 is 1.77 bits per heavy atom. The molecule has 0 aromatic carbocycles. The maximum Gasteiger partial charge on any atom is 0.233 e. The lowest BCUT2D eigenvalue weighted by Gasteiger charge is -1.92. The molecule has 1 aromatic heterocycles. The van der Waals surface area contributed by atoms with Crippen molar-refractivity contribution in [3.05, 3.63) is 15.9 Å². The third-order valence-corrected chi connectivity index (χ3v) is 2.56. The molecule has 0 amide bonds. The van der Waals surface area contributed by atoms with Crippen LogP contribution in [0, 0.1) is 18.4 Å². The van der Waals surface area contributed by atoms with Crippen molar-refractivity contribution in [1.82, 2.24) is 4.57 Å². The van der Waals surface area contributed by atoms with Gasteiger partial charge in [0.25, 0.3) is 0 Å². The summed E-state index contributed by atoms with van der Waals surface area (Å²) in [5.41, 5.74) is 6.44. The fourth-order valence-electron chi connectivity index (χ4n) is 0.723. The van der Waals surface area contributed by atoms with Crippen LogP contribution in [0.2, 0.25) is 0 Å². The molecule has 5 nitrogen and oxygen atoms in total. The number of aliphatic imine (C=N–C) groups is 1. The van der Waals surface area contributed by atoms with Gasteiger partial charge in [0.05, 0.1) is 0 Å². The van der Waals surface area contributed by atoms with E-state index in [1.165, 1.54) is 11.3 Å². The van der Waals surface area contributed by atoms with Crippen molar-refractivity contribution < 1.29 is 0 Å². The number of thiazole rings is 1. The van der Waals surface area contributed by atoms with Crippen LogP contribution in [0.15, 0.2) is 15.4 Å². The summed E-state index contributed by atoms with van der Waals surface area (Å²) in [5.74, 6) is -0.0139. The number of aromatic nitrogens is 1. The molecule has 0 saturated heterocycles. The highest BCUT2D eigenvalue weighted by atomic mass is 32.1. The Kier molecular flexibility index (Phi) is 2.82. The lowest BCUT2D eigenvalue weighted by Crippen LogP contribution is -2.18. The Bertz CT molecular complexity index is 430. The minimum atomic E-state index is -0.0139. The Labute approximate surface area is 79.5 Å². The SMILES string of the molecule is Cc1cs/c(=N/C(N)=NC#N)n1C. The van der Waals surface area contributed by atoms with Gasteiger partial charge in [-0.3, -0.25) is 0 Å². The van der Waals surface area contributed by atoms with Gasteiger partial charge in [-0.05, 0) is 6.92 Å². The monoisotopic (exact) mass is 195 g/mol. The second kappa shape index (κ2) is 3.87. The molecule has 0 radical (unpaired) electrons. The first kappa shape index (κ1) is 9.48. The molecule has 0 saturated carbocycles. The van der Waals surface area contributed by atoms with Crippen molar-refractivity contribution in [2.24, 2.45) is 22.8 Å². The molecule has 1 rings (SSSR count). The van der Waals surface area contributed by atoms with Gasteiger partial charge in [-0.15, -0.1) is 16.3 Å². The van der Waals surface area contributed by atoms with Crippen molar-refractivity contribution in [1.29, 1.82) is 5.26 Å². The van der Waals surface area contributed by atoms with Crippen LogP contribution in [0.5, 0.6) is 0 Å². The Morgan fingerprint density at radius 3 is 2.92 bits per heavy atom. The maximum absolute atomic E-state index is 8.21. The minimum absolute atomic E-state index is 0.0139. The second-order valence-corrected chi connectivity index (χ2v) is 3.24. The number of aryl methyl sites for hydroxylation is 1. The van der Waals surface area contributed by atoms with Crippen molar-refractivity contribution in [2.75, 3.05) is 0 Å². The van der Waals surface area contributed by atoms with Crippen LogP contribution in [0.1, 0.15) is 5.69 Å². The summed E-state index contributed by atoms with van der Waals surface area (Å²) in [4.78, 5) is 7.98. The van der Waals surface area contributed by atoms with Gasteiger partial charge in [0.1, 0.15) is 0 Å². The maximum atomic E-state index is 8.21. The van der Waals surface area contributed by atoms with E-state index in [0.717, 1.165) is 10.5 Å². The fourth-order valence-corrected chi connectivity index (χ4v) is 1.60. The van der Waals surface area contributed by atoms with Crippen LogP contribution in [-0.2, 0) is 7.05 Å². The van der Waals surface area contributed by atoms with E-state index in [1.54, 1.807) is 6.19 Å². The Balaban J connectivity index is 3.17. The number of rotatable bonds is 0. The molecule has 68 valence electrons. The van der Waals surface area contributed by atoms with Crippen molar-refractivity contribution in [2.45, 2.75) is 6.92 Å².